The average molecular weight is 795 g/mol. The van der Waals surface area contributed by atoms with Crippen molar-refractivity contribution in [3.8, 4) is 11.5 Å². The molecule has 0 unspecified atom stereocenters. The van der Waals surface area contributed by atoms with E-state index in [2.05, 4.69) is 0 Å². The topological polar surface area (TPSA) is 307 Å². The van der Waals surface area contributed by atoms with Gasteiger partial charge >= 0.3 is 17.9 Å². The maximum Gasteiger partial charge on any atom is 0.338 e. The van der Waals surface area contributed by atoms with E-state index in [9.17, 15) is 60.3 Å². The number of aromatic hydroxyl groups is 1. The van der Waals surface area contributed by atoms with E-state index in [1.807, 2.05) is 0 Å². The lowest BCUT2D eigenvalue weighted by molar-refractivity contribution is -0.344. The lowest BCUT2D eigenvalue weighted by Crippen LogP contribution is -2.60. The zero-order valence-electron chi connectivity index (χ0n) is 29.7. The molecule has 56 heavy (non-hydrogen) atoms. The number of hydrogen-bond acceptors (Lipinski definition) is 20. The molecule has 20 heteroatoms. The summed E-state index contributed by atoms with van der Waals surface area (Å²) in [5.41, 5.74) is -1.44. The monoisotopic (exact) mass is 794 g/mol. The Kier molecular flexibility index (Phi) is 12.2. The Hall–Kier alpha value is -4.45. The van der Waals surface area contributed by atoms with Crippen molar-refractivity contribution >= 4 is 24.0 Å². The molecule has 0 aromatic heterocycles. The summed E-state index contributed by atoms with van der Waals surface area (Å²) >= 11 is 0. The van der Waals surface area contributed by atoms with Gasteiger partial charge in [-0.2, -0.15) is 0 Å². The molecule has 4 aliphatic heterocycles. The summed E-state index contributed by atoms with van der Waals surface area (Å²) in [5.74, 6) is -5.12. The highest BCUT2D eigenvalue weighted by Crippen LogP contribution is 2.51. The molecule has 1 aliphatic carbocycles. The van der Waals surface area contributed by atoms with E-state index in [1.165, 1.54) is 43.4 Å². The minimum Gasteiger partial charge on any atom is -0.504 e. The van der Waals surface area contributed by atoms with Crippen molar-refractivity contribution in [1.82, 2.24) is 0 Å². The first-order valence-corrected chi connectivity index (χ1v) is 17.4. The highest BCUT2D eigenvalue weighted by atomic mass is 16.8. The minimum absolute atomic E-state index is 0.0290. The molecule has 20 nitrogen and oxygen atoms in total. The molecule has 0 radical (unpaired) electrons. The number of rotatable bonds is 11. The molecule has 6 rings (SSSR count). The van der Waals surface area contributed by atoms with Crippen molar-refractivity contribution in [2.45, 2.75) is 86.3 Å². The normalized spacial score (nSPS) is 38.3. The number of aliphatic hydroxyl groups excluding tert-OH is 8. The number of carbonyl (C=O) groups is 3. The molecule has 5 aliphatic rings. The van der Waals surface area contributed by atoms with Crippen LogP contribution >= 0.6 is 0 Å². The van der Waals surface area contributed by atoms with Gasteiger partial charge in [0.15, 0.2) is 23.4 Å². The van der Waals surface area contributed by atoms with Crippen molar-refractivity contribution in [1.29, 1.82) is 0 Å². The van der Waals surface area contributed by atoms with Crippen LogP contribution in [0, 0.1) is 11.8 Å². The van der Waals surface area contributed by atoms with E-state index in [0.717, 1.165) is 19.4 Å². The van der Waals surface area contributed by atoms with Gasteiger partial charge in [-0.3, -0.25) is 0 Å². The van der Waals surface area contributed by atoms with E-state index < -0.39 is 128 Å². The van der Waals surface area contributed by atoms with E-state index in [0.29, 0.717) is 0 Å². The smallest absolute Gasteiger partial charge is 0.338 e. The maximum atomic E-state index is 13.3. The van der Waals surface area contributed by atoms with Crippen LogP contribution in [0.15, 0.2) is 59.9 Å². The summed E-state index contributed by atoms with van der Waals surface area (Å²) in [4.78, 5) is 38.9. The quantitative estimate of drug-likeness (QED) is 0.0460. The number of allylic oxidation sites excluding steroid dienone is 1. The van der Waals surface area contributed by atoms with Crippen molar-refractivity contribution in [2.24, 2.45) is 11.8 Å². The molecule has 2 saturated heterocycles. The van der Waals surface area contributed by atoms with Crippen LogP contribution in [-0.2, 0) is 47.5 Å². The first-order valence-electron chi connectivity index (χ1n) is 17.4. The number of ether oxygens (including phenoxy) is 8. The Labute approximate surface area is 317 Å². The van der Waals surface area contributed by atoms with Crippen LogP contribution in [0.1, 0.15) is 12.5 Å². The molecular formula is C36H42O20. The molecule has 1 aromatic rings. The van der Waals surface area contributed by atoms with Crippen LogP contribution in [-0.4, -0.2) is 164 Å². The van der Waals surface area contributed by atoms with E-state index in [1.54, 1.807) is 6.08 Å². The maximum absolute atomic E-state index is 13.3. The zero-order valence-corrected chi connectivity index (χ0v) is 29.7. The molecule has 0 bridgehead atoms. The third kappa shape index (κ3) is 7.78. The van der Waals surface area contributed by atoms with Gasteiger partial charge in [0, 0.05) is 12.0 Å². The molecule has 2 fully saturated rings. The van der Waals surface area contributed by atoms with Crippen molar-refractivity contribution in [3.63, 3.8) is 0 Å². The van der Waals surface area contributed by atoms with Gasteiger partial charge in [-0.25, -0.2) is 14.4 Å². The highest BCUT2D eigenvalue weighted by molar-refractivity contribution is 5.95. The fourth-order valence-corrected chi connectivity index (χ4v) is 7.03. The molecule has 1 aromatic carbocycles. The Morgan fingerprint density at radius 3 is 2.18 bits per heavy atom. The number of aliphatic hydroxyl groups is 8. The van der Waals surface area contributed by atoms with Gasteiger partial charge in [-0.05, 0) is 42.8 Å². The van der Waals surface area contributed by atoms with Crippen LogP contribution in [0.2, 0.25) is 0 Å². The number of carbonyl (C=O) groups excluding carboxylic acids is 3. The third-order valence-corrected chi connectivity index (χ3v) is 10.1. The summed E-state index contributed by atoms with van der Waals surface area (Å²) < 4.78 is 44.0. The minimum atomic E-state index is -1.80. The van der Waals surface area contributed by atoms with Crippen LogP contribution in [0.3, 0.4) is 0 Å². The SMILES string of the molecule is COC(=O)C1=CO[C@H](O[C@@H]2O[C@H](CO)[C@@H](O)[C@@H](O)[C@@H]2O)[C@H]2[C@H]1C=C[C@@]21C=C([C@@H](C)OC(=O)/C=C/c2ccc(O[C@@H]3O[C@H](CO)[C@@H](O)[C@H](O)[C@@H]3O)c(O)c2)C(=O)O1. The lowest BCUT2D eigenvalue weighted by Gasteiger charge is -2.44. The van der Waals surface area contributed by atoms with Crippen molar-refractivity contribution in [2.75, 3.05) is 20.3 Å². The molecule has 9 N–H and O–H groups in total. The number of methoxy groups -OCH3 is 1. The largest absolute Gasteiger partial charge is 0.504 e. The molecule has 0 saturated carbocycles. The summed E-state index contributed by atoms with van der Waals surface area (Å²) in [6.45, 7) is -0.000888. The summed E-state index contributed by atoms with van der Waals surface area (Å²) in [6.07, 6.45) is -10.8. The second-order valence-electron chi connectivity index (χ2n) is 13.6. The summed E-state index contributed by atoms with van der Waals surface area (Å²) in [6, 6.07) is 3.89. The first-order chi connectivity index (χ1) is 26.6. The molecule has 1 spiro atoms. The molecule has 306 valence electrons. The predicted octanol–water partition coefficient (Wildman–Crippen LogP) is -3.23. The fourth-order valence-electron chi connectivity index (χ4n) is 7.03. The number of esters is 3. The van der Waals surface area contributed by atoms with E-state index in [4.69, 9.17) is 37.9 Å². The Morgan fingerprint density at radius 1 is 0.911 bits per heavy atom. The molecule has 0 amide bonds. The van der Waals surface area contributed by atoms with Gasteiger partial charge < -0.3 is 83.9 Å². The van der Waals surface area contributed by atoms with Gasteiger partial charge in [0.05, 0.1) is 43.6 Å². The van der Waals surface area contributed by atoms with Gasteiger partial charge in [-0.1, -0.05) is 12.1 Å². The lowest BCUT2D eigenvalue weighted by atomic mass is 9.78. The van der Waals surface area contributed by atoms with E-state index in [-0.39, 0.29) is 22.5 Å². The Bertz CT molecular complexity index is 1770. The van der Waals surface area contributed by atoms with Gasteiger partial charge in [0.1, 0.15) is 54.9 Å². The highest BCUT2D eigenvalue weighted by Gasteiger charge is 2.60. The zero-order chi connectivity index (χ0) is 40.6. The van der Waals surface area contributed by atoms with Gasteiger partial charge in [0.2, 0.25) is 12.6 Å². The number of benzene rings is 1. The fraction of sp³-hybridized carbons (Fsp3) is 0.528. The second kappa shape index (κ2) is 16.6. The molecule has 4 heterocycles. The Balaban J connectivity index is 1.14. The number of hydrogen-bond donors (Lipinski definition) is 9. The van der Waals surface area contributed by atoms with Crippen LogP contribution in [0.5, 0.6) is 11.5 Å². The van der Waals surface area contributed by atoms with Gasteiger partial charge in [-0.15, -0.1) is 0 Å². The number of phenols is 1. The summed E-state index contributed by atoms with van der Waals surface area (Å²) in [5, 5.41) is 90.7. The van der Waals surface area contributed by atoms with Crippen molar-refractivity contribution < 1.29 is 98.2 Å². The number of fused-ring (bicyclic) bond motifs is 2. The van der Waals surface area contributed by atoms with Crippen molar-refractivity contribution in [3.05, 3.63) is 65.5 Å². The van der Waals surface area contributed by atoms with Crippen LogP contribution in [0.4, 0.5) is 0 Å². The Morgan fingerprint density at radius 2 is 1.55 bits per heavy atom. The predicted molar refractivity (Wildman–Crippen MR) is 180 cm³/mol. The van der Waals surface area contributed by atoms with Gasteiger partial charge in [0.25, 0.3) is 0 Å². The summed E-state index contributed by atoms with van der Waals surface area (Å²) in [7, 11) is 1.15. The number of phenolic OH excluding ortho intramolecular Hbond substituents is 1. The van der Waals surface area contributed by atoms with Crippen LogP contribution < -0.4 is 4.74 Å². The molecule has 15 atom stereocenters. The standard InChI is InChI=1S/C36H42O20/c1-14(51-23(40)6-4-15-3-5-20(19(39)9-15)52-34-29(45)27(43)25(41)21(11-37)53-34)17-10-36(56-32(17)48)8-7-16-18(31(47)49-2)13-50-33(24(16)36)55-35-30(46)28(44)26(42)22(12-38)54-35/h3-10,13-14,16,21-22,24-30,33-35,37-39,41-46H,11-12H2,1-2H3/b6-4+/t14-,16+,21-,22-,24-,25-,26-,27+,28-,29+,30+,33-,34-,35+,36-/m1/s1. The van der Waals surface area contributed by atoms with Crippen LogP contribution in [0.25, 0.3) is 6.08 Å². The average Bonchev–Trinajstić information content (AvgIpc) is 3.73. The van der Waals surface area contributed by atoms with E-state index >= 15 is 0 Å². The first kappa shape index (κ1) is 41.2. The molecular weight excluding hydrogens is 752 g/mol. The third-order valence-electron chi connectivity index (χ3n) is 10.1. The second-order valence-corrected chi connectivity index (χ2v) is 13.6.